The van der Waals surface area contributed by atoms with Crippen molar-refractivity contribution in [2.75, 3.05) is 12.4 Å². The Balaban J connectivity index is 2.40. The molecular weight excluding hydrogens is 392 g/mol. The van der Waals surface area contributed by atoms with E-state index in [0.29, 0.717) is 18.4 Å². The van der Waals surface area contributed by atoms with Crippen LogP contribution in [0, 0.1) is 5.92 Å². The third kappa shape index (κ3) is 5.35. The molecule has 1 aliphatic carbocycles. The van der Waals surface area contributed by atoms with Gasteiger partial charge in [-0.2, -0.15) is 0 Å². The number of aromatic nitrogens is 1. The van der Waals surface area contributed by atoms with E-state index in [1.165, 1.54) is 0 Å². The Labute approximate surface area is 173 Å². The standard InChI is InChI=1S/C21H32N2O5S/c1-6-21(7-2,20(25)28-8-3)23-18(24)17-12-11-16(15-9-10-15)19(22-17)29(26,27)13-14(4)5/h11-12,14-15H,6-10,13H2,1-5H3,(H,23,24). The van der Waals surface area contributed by atoms with Crippen molar-refractivity contribution in [3.05, 3.63) is 23.4 Å². The van der Waals surface area contributed by atoms with Crippen LogP contribution < -0.4 is 5.32 Å². The quantitative estimate of drug-likeness (QED) is 0.579. The van der Waals surface area contributed by atoms with Crippen LogP contribution in [-0.2, 0) is 19.4 Å². The summed E-state index contributed by atoms with van der Waals surface area (Å²) in [6.07, 6.45) is 2.56. The second kappa shape index (κ2) is 9.24. The number of sulfone groups is 1. The molecule has 29 heavy (non-hydrogen) atoms. The molecule has 1 aromatic rings. The molecule has 1 N–H and O–H groups in total. The summed E-state index contributed by atoms with van der Waals surface area (Å²) in [7, 11) is -3.61. The van der Waals surface area contributed by atoms with E-state index in [-0.39, 0.29) is 34.9 Å². The van der Waals surface area contributed by atoms with Gasteiger partial charge in [-0.1, -0.05) is 33.8 Å². The van der Waals surface area contributed by atoms with Crippen LogP contribution in [0.15, 0.2) is 17.2 Å². The van der Waals surface area contributed by atoms with Crippen LogP contribution >= 0.6 is 0 Å². The second-order valence-electron chi connectivity index (χ2n) is 8.00. The molecular formula is C21H32N2O5S. The number of carbonyl (C=O) groups excluding carboxylic acids is 2. The summed E-state index contributed by atoms with van der Waals surface area (Å²) in [5.74, 6) is -0.975. The van der Waals surface area contributed by atoms with E-state index in [9.17, 15) is 18.0 Å². The number of amides is 1. The second-order valence-corrected chi connectivity index (χ2v) is 9.95. The van der Waals surface area contributed by atoms with Crippen molar-refractivity contribution >= 4 is 21.7 Å². The maximum absolute atomic E-state index is 12.9. The minimum atomic E-state index is -3.61. The molecule has 1 heterocycles. The first-order valence-corrected chi connectivity index (χ1v) is 12.0. The van der Waals surface area contributed by atoms with Crippen LogP contribution in [-0.4, -0.2) is 43.2 Å². The number of pyridine rings is 1. The van der Waals surface area contributed by atoms with Gasteiger partial charge >= 0.3 is 5.97 Å². The number of nitrogens with zero attached hydrogens (tertiary/aromatic N) is 1. The Morgan fingerprint density at radius 2 is 1.83 bits per heavy atom. The summed E-state index contributed by atoms with van der Waals surface area (Å²) in [6, 6.07) is 3.23. The normalized spacial score (nSPS) is 14.7. The molecule has 0 bridgehead atoms. The summed E-state index contributed by atoms with van der Waals surface area (Å²) >= 11 is 0. The molecule has 1 fully saturated rings. The molecule has 1 aromatic heterocycles. The molecule has 1 aliphatic rings. The first kappa shape index (κ1) is 23.3. The SMILES string of the molecule is CCOC(=O)C(CC)(CC)NC(=O)c1ccc(C2CC2)c(S(=O)(=O)CC(C)C)n1. The number of hydrogen-bond acceptors (Lipinski definition) is 6. The topological polar surface area (TPSA) is 102 Å². The van der Waals surface area contributed by atoms with Crippen LogP contribution in [0.3, 0.4) is 0 Å². The smallest absolute Gasteiger partial charge is 0.331 e. The van der Waals surface area contributed by atoms with Crippen molar-refractivity contribution in [1.29, 1.82) is 0 Å². The lowest BCUT2D eigenvalue weighted by Crippen LogP contribution is -2.54. The Morgan fingerprint density at radius 1 is 1.21 bits per heavy atom. The molecule has 0 atom stereocenters. The van der Waals surface area contributed by atoms with Gasteiger partial charge in [-0.25, -0.2) is 18.2 Å². The first-order chi connectivity index (χ1) is 13.6. The lowest BCUT2D eigenvalue weighted by Gasteiger charge is -2.30. The number of hydrogen-bond donors (Lipinski definition) is 1. The van der Waals surface area contributed by atoms with Crippen molar-refractivity contribution in [3.8, 4) is 0 Å². The van der Waals surface area contributed by atoms with Crippen LogP contribution in [0.25, 0.3) is 0 Å². The first-order valence-electron chi connectivity index (χ1n) is 10.3. The monoisotopic (exact) mass is 424 g/mol. The molecule has 7 nitrogen and oxygen atoms in total. The van der Waals surface area contributed by atoms with Gasteiger partial charge in [0.1, 0.15) is 11.2 Å². The number of esters is 1. The molecule has 2 rings (SSSR count). The Kier molecular flexibility index (Phi) is 7.43. The molecule has 0 aliphatic heterocycles. The minimum absolute atomic E-state index is 0.00363. The summed E-state index contributed by atoms with van der Waals surface area (Å²) in [5, 5.41) is 2.74. The number of ether oxygens (including phenoxy) is 1. The van der Waals surface area contributed by atoms with Gasteiger partial charge in [-0.05, 0) is 56.1 Å². The molecule has 0 radical (unpaired) electrons. The van der Waals surface area contributed by atoms with Gasteiger partial charge < -0.3 is 10.1 Å². The molecule has 162 valence electrons. The zero-order valence-electron chi connectivity index (χ0n) is 17.9. The molecule has 1 amide bonds. The maximum Gasteiger partial charge on any atom is 0.331 e. The van der Waals surface area contributed by atoms with Crippen molar-refractivity contribution in [2.24, 2.45) is 5.92 Å². The highest BCUT2D eigenvalue weighted by Crippen LogP contribution is 2.42. The van der Waals surface area contributed by atoms with E-state index in [2.05, 4.69) is 10.3 Å². The third-order valence-electron chi connectivity index (χ3n) is 5.21. The van der Waals surface area contributed by atoms with Crippen molar-refractivity contribution < 1.29 is 22.7 Å². The molecule has 0 aromatic carbocycles. The summed E-state index contributed by atoms with van der Waals surface area (Å²) in [4.78, 5) is 29.6. The van der Waals surface area contributed by atoms with E-state index in [1.54, 1.807) is 32.9 Å². The predicted octanol–water partition coefficient (Wildman–Crippen LogP) is 3.24. The van der Waals surface area contributed by atoms with Gasteiger partial charge in [0.2, 0.25) is 0 Å². The summed E-state index contributed by atoms with van der Waals surface area (Å²) in [5.41, 5.74) is -0.488. The molecule has 8 heteroatoms. The number of carbonyl (C=O) groups is 2. The van der Waals surface area contributed by atoms with Crippen LogP contribution in [0.2, 0.25) is 0 Å². The van der Waals surface area contributed by atoms with E-state index in [4.69, 9.17) is 4.74 Å². The number of nitrogens with one attached hydrogen (secondary N) is 1. The van der Waals surface area contributed by atoms with Gasteiger partial charge in [0.05, 0.1) is 12.4 Å². The van der Waals surface area contributed by atoms with Crippen LogP contribution in [0.4, 0.5) is 0 Å². The summed E-state index contributed by atoms with van der Waals surface area (Å²) in [6.45, 7) is 9.18. The van der Waals surface area contributed by atoms with Crippen LogP contribution in [0.5, 0.6) is 0 Å². The van der Waals surface area contributed by atoms with Gasteiger partial charge in [-0.3, -0.25) is 4.79 Å². The van der Waals surface area contributed by atoms with E-state index >= 15 is 0 Å². The van der Waals surface area contributed by atoms with Gasteiger partial charge in [0, 0.05) is 0 Å². The predicted molar refractivity (Wildman–Crippen MR) is 111 cm³/mol. The van der Waals surface area contributed by atoms with E-state index < -0.39 is 27.3 Å². The van der Waals surface area contributed by atoms with Crippen molar-refractivity contribution in [3.63, 3.8) is 0 Å². The Morgan fingerprint density at radius 3 is 2.31 bits per heavy atom. The third-order valence-corrected chi connectivity index (χ3v) is 7.23. The van der Waals surface area contributed by atoms with E-state index in [0.717, 1.165) is 12.8 Å². The Hall–Kier alpha value is -1.96. The van der Waals surface area contributed by atoms with E-state index in [1.807, 2.05) is 13.8 Å². The average molecular weight is 425 g/mol. The Bertz CT molecular complexity index is 856. The lowest BCUT2D eigenvalue weighted by atomic mass is 9.92. The molecule has 0 saturated heterocycles. The summed E-state index contributed by atoms with van der Waals surface area (Å²) < 4.78 is 30.9. The maximum atomic E-state index is 12.9. The van der Waals surface area contributed by atoms with Gasteiger partial charge in [0.15, 0.2) is 14.9 Å². The highest BCUT2D eigenvalue weighted by Gasteiger charge is 2.39. The minimum Gasteiger partial charge on any atom is -0.464 e. The lowest BCUT2D eigenvalue weighted by molar-refractivity contribution is -0.151. The highest BCUT2D eigenvalue weighted by atomic mass is 32.2. The van der Waals surface area contributed by atoms with Crippen molar-refractivity contribution in [2.45, 2.75) is 76.8 Å². The highest BCUT2D eigenvalue weighted by molar-refractivity contribution is 7.91. The fourth-order valence-electron chi connectivity index (χ4n) is 3.37. The average Bonchev–Trinajstić information content (AvgIpc) is 3.50. The molecule has 0 spiro atoms. The fraction of sp³-hybridized carbons (Fsp3) is 0.667. The number of rotatable bonds is 10. The van der Waals surface area contributed by atoms with Crippen LogP contribution in [0.1, 0.15) is 82.3 Å². The van der Waals surface area contributed by atoms with Crippen molar-refractivity contribution in [1.82, 2.24) is 10.3 Å². The fourth-order valence-corrected chi connectivity index (χ4v) is 5.23. The zero-order valence-corrected chi connectivity index (χ0v) is 18.8. The largest absolute Gasteiger partial charge is 0.464 e. The molecule has 0 unspecified atom stereocenters. The zero-order chi connectivity index (χ0) is 21.8. The van der Waals surface area contributed by atoms with Gasteiger partial charge in [0.25, 0.3) is 5.91 Å². The van der Waals surface area contributed by atoms with Gasteiger partial charge in [-0.15, -0.1) is 0 Å². The molecule has 1 saturated carbocycles.